The van der Waals surface area contributed by atoms with Crippen LogP contribution in [0.2, 0.25) is 0 Å². The number of hydrogen-bond acceptors (Lipinski definition) is 5. The average molecular weight is 345 g/mol. The van der Waals surface area contributed by atoms with Crippen molar-refractivity contribution in [2.75, 3.05) is 11.5 Å². The second-order valence-corrected chi connectivity index (χ2v) is 6.05. The van der Waals surface area contributed by atoms with Gasteiger partial charge in [-0.1, -0.05) is 29.8 Å². The van der Waals surface area contributed by atoms with Crippen LogP contribution >= 0.6 is 11.6 Å². The Morgan fingerprint density at radius 1 is 1.46 bits per heavy atom. The molecule has 0 saturated heterocycles. The Balaban J connectivity index is 1.96. The van der Waals surface area contributed by atoms with Crippen molar-refractivity contribution in [1.29, 1.82) is 5.41 Å². The second kappa shape index (κ2) is 4.95. The van der Waals surface area contributed by atoms with Crippen LogP contribution in [0.3, 0.4) is 0 Å². The first-order valence-corrected chi connectivity index (χ1v) is 7.88. The number of nitrogens with zero attached hydrogens (tertiary/aromatic N) is 1. The largest absolute Gasteiger partial charge is 0.462 e. The molecule has 1 aromatic rings. The van der Waals surface area contributed by atoms with Crippen molar-refractivity contribution in [2.45, 2.75) is 13.3 Å². The molecule has 1 N–H and O–H groups in total. The lowest BCUT2D eigenvalue weighted by Crippen LogP contribution is -2.56. The highest BCUT2D eigenvalue weighted by atomic mass is 35.5. The summed E-state index contributed by atoms with van der Waals surface area (Å²) in [7, 11) is 0. The van der Waals surface area contributed by atoms with Gasteiger partial charge in [0.05, 0.1) is 12.3 Å². The van der Waals surface area contributed by atoms with Crippen LogP contribution in [0, 0.1) is 10.8 Å². The summed E-state index contributed by atoms with van der Waals surface area (Å²) < 4.78 is 10.7. The third kappa shape index (κ3) is 1.63. The quantitative estimate of drug-likeness (QED) is 0.659. The van der Waals surface area contributed by atoms with E-state index in [1.807, 2.05) is 0 Å². The lowest BCUT2D eigenvalue weighted by atomic mass is 9.67. The number of Topliss-reactive ketones (excluding diaryl/α,β-unsaturated/α-hetero) is 1. The second-order valence-electron chi connectivity index (χ2n) is 5.65. The third-order valence-electron chi connectivity index (χ3n) is 4.45. The number of nitrogens with one attached hydrogen (secondary N) is 1. The van der Waals surface area contributed by atoms with Crippen LogP contribution in [0.5, 0.6) is 5.75 Å². The van der Waals surface area contributed by atoms with Gasteiger partial charge < -0.3 is 9.47 Å². The van der Waals surface area contributed by atoms with E-state index in [0.717, 1.165) is 0 Å². The first kappa shape index (κ1) is 15.0. The molecule has 3 aliphatic rings. The van der Waals surface area contributed by atoms with Gasteiger partial charge in [0.25, 0.3) is 0 Å². The predicted octanol–water partition coefficient (Wildman–Crippen LogP) is 2.73. The van der Waals surface area contributed by atoms with E-state index in [9.17, 15) is 9.59 Å². The van der Waals surface area contributed by atoms with Gasteiger partial charge in [0.2, 0.25) is 5.88 Å². The first-order valence-electron chi connectivity index (χ1n) is 7.50. The molecule has 24 heavy (non-hydrogen) atoms. The number of rotatable bonds is 2. The van der Waals surface area contributed by atoms with Gasteiger partial charge in [-0.15, -0.1) is 0 Å². The zero-order chi connectivity index (χ0) is 17.1. The summed E-state index contributed by atoms with van der Waals surface area (Å²) >= 11 is 6.20. The van der Waals surface area contributed by atoms with Crippen molar-refractivity contribution in [3.8, 4) is 5.75 Å². The van der Waals surface area contributed by atoms with Gasteiger partial charge in [-0.05, 0) is 25.5 Å². The van der Waals surface area contributed by atoms with E-state index in [2.05, 4.69) is 0 Å². The molecular formula is C17H13ClN2O4. The minimum atomic E-state index is -1.33. The van der Waals surface area contributed by atoms with E-state index in [1.54, 1.807) is 37.3 Å². The summed E-state index contributed by atoms with van der Waals surface area (Å²) in [6, 6.07) is 7.05. The number of carbonyl (C=O) groups is 2. The normalized spacial score (nSPS) is 24.2. The predicted molar refractivity (Wildman–Crippen MR) is 86.9 cm³/mol. The van der Waals surface area contributed by atoms with Crippen LogP contribution in [0.1, 0.15) is 13.3 Å². The number of ether oxygens (including phenoxy) is 2. The zero-order valence-corrected chi connectivity index (χ0v) is 13.5. The van der Waals surface area contributed by atoms with Crippen molar-refractivity contribution in [3.63, 3.8) is 0 Å². The summed E-state index contributed by atoms with van der Waals surface area (Å²) in [5.41, 5.74) is -0.925. The number of halogens is 1. The third-order valence-corrected chi connectivity index (χ3v) is 4.92. The molecule has 2 heterocycles. The van der Waals surface area contributed by atoms with E-state index in [-0.39, 0.29) is 35.4 Å². The lowest BCUT2D eigenvalue weighted by molar-refractivity contribution is -0.141. The van der Waals surface area contributed by atoms with Gasteiger partial charge in [0.1, 0.15) is 11.3 Å². The Bertz CT molecular complexity index is 873. The minimum absolute atomic E-state index is 0.00648. The van der Waals surface area contributed by atoms with Crippen molar-refractivity contribution in [2.24, 2.45) is 5.41 Å². The molecule has 1 atom stereocenters. The Kier molecular flexibility index (Phi) is 3.08. The number of carbonyl (C=O) groups excluding carboxylic acids is 2. The number of esters is 1. The molecule has 7 heteroatoms. The van der Waals surface area contributed by atoms with E-state index in [1.165, 1.54) is 4.90 Å². The van der Waals surface area contributed by atoms with Gasteiger partial charge in [0, 0.05) is 5.03 Å². The van der Waals surface area contributed by atoms with Crippen molar-refractivity contribution in [1.82, 2.24) is 0 Å². The molecule has 0 fully saturated rings. The molecule has 0 radical (unpaired) electrons. The molecule has 1 aliphatic carbocycles. The fourth-order valence-electron chi connectivity index (χ4n) is 3.16. The monoisotopic (exact) mass is 344 g/mol. The number of para-hydroxylation sites is 2. The molecule has 2 aliphatic heterocycles. The fourth-order valence-corrected chi connectivity index (χ4v) is 3.49. The van der Waals surface area contributed by atoms with Crippen molar-refractivity contribution in [3.05, 3.63) is 46.8 Å². The van der Waals surface area contributed by atoms with Crippen LogP contribution in [0.25, 0.3) is 0 Å². The molecule has 6 nitrogen and oxygen atoms in total. The topological polar surface area (TPSA) is 79.7 Å². The SMILES string of the molecule is CCOC(=O)C1=C2Oc3ccccc3N2C(=N)C2(CC=C2Cl)C1=O. The Labute approximate surface area is 142 Å². The zero-order valence-electron chi connectivity index (χ0n) is 12.8. The first-order chi connectivity index (χ1) is 11.5. The Morgan fingerprint density at radius 2 is 2.21 bits per heavy atom. The summed E-state index contributed by atoms with van der Waals surface area (Å²) in [5.74, 6) is -0.820. The summed E-state index contributed by atoms with van der Waals surface area (Å²) in [4.78, 5) is 26.9. The maximum Gasteiger partial charge on any atom is 0.347 e. The number of amidine groups is 1. The van der Waals surface area contributed by atoms with Gasteiger partial charge in [0.15, 0.2) is 17.1 Å². The molecule has 1 unspecified atom stereocenters. The summed E-state index contributed by atoms with van der Waals surface area (Å²) in [6.07, 6.45) is 1.95. The maximum atomic E-state index is 13.0. The number of allylic oxidation sites excluding steroid dienone is 1. The van der Waals surface area contributed by atoms with Crippen LogP contribution in [0.15, 0.2) is 46.8 Å². The molecule has 122 valence electrons. The molecular weight excluding hydrogens is 332 g/mol. The summed E-state index contributed by atoms with van der Waals surface area (Å²) in [5, 5.41) is 8.81. The Morgan fingerprint density at radius 3 is 2.83 bits per heavy atom. The van der Waals surface area contributed by atoms with Gasteiger partial charge in [-0.2, -0.15) is 0 Å². The highest BCUT2D eigenvalue weighted by Gasteiger charge is 2.60. The molecule has 1 aromatic carbocycles. The number of hydrogen-bond donors (Lipinski definition) is 1. The van der Waals surface area contributed by atoms with Crippen molar-refractivity contribution >= 4 is 34.9 Å². The van der Waals surface area contributed by atoms with E-state index in [0.29, 0.717) is 11.4 Å². The maximum absolute atomic E-state index is 13.0. The van der Waals surface area contributed by atoms with E-state index in [4.69, 9.17) is 26.5 Å². The fraction of sp³-hybridized carbons (Fsp3) is 0.235. The molecule has 4 rings (SSSR count). The van der Waals surface area contributed by atoms with E-state index < -0.39 is 17.2 Å². The minimum Gasteiger partial charge on any atom is -0.462 e. The number of fused-ring (bicyclic) bond motifs is 3. The summed E-state index contributed by atoms with van der Waals surface area (Å²) in [6.45, 7) is 1.79. The smallest absolute Gasteiger partial charge is 0.347 e. The van der Waals surface area contributed by atoms with Crippen LogP contribution in [-0.4, -0.2) is 24.2 Å². The van der Waals surface area contributed by atoms with Crippen LogP contribution in [-0.2, 0) is 14.3 Å². The molecule has 0 amide bonds. The molecule has 1 spiro atoms. The highest BCUT2D eigenvalue weighted by Crippen LogP contribution is 2.54. The van der Waals surface area contributed by atoms with Gasteiger partial charge >= 0.3 is 5.97 Å². The average Bonchev–Trinajstić information content (AvgIpc) is 2.93. The van der Waals surface area contributed by atoms with E-state index >= 15 is 0 Å². The number of benzene rings is 1. The Hall–Kier alpha value is -2.60. The number of anilines is 1. The van der Waals surface area contributed by atoms with Gasteiger partial charge in [-0.25, -0.2) is 4.79 Å². The number of ketones is 1. The van der Waals surface area contributed by atoms with Crippen LogP contribution < -0.4 is 9.64 Å². The van der Waals surface area contributed by atoms with Crippen molar-refractivity contribution < 1.29 is 19.1 Å². The highest BCUT2D eigenvalue weighted by molar-refractivity contribution is 6.43. The molecule has 0 aromatic heterocycles. The van der Waals surface area contributed by atoms with Gasteiger partial charge in [-0.3, -0.25) is 15.1 Å². The molecule has 0 bridgehead atoms. The lowest BCUT2D eigenvalue weighted by Gasteiger charge is -2.44. The van der Waals surface area contributed by atoms with Crippen LogP contribution in [0.4, 0.5) is 5.69 Å². The standard InChI is InChI=1S/C17H13ClN2O4/c1-2-23-15(22)12-13(21)17(8-7-11(17)18)16(19)20-9-5-3-4-6-10(9)24-14(12)20/h3-7,19H,2,8H2,1H3. The molecule has 0 saturated carbocycles.